The lowest BCUT2D eigenvalue weighted by molar-refractivity contribution is 0.414. The lowest BCUT2D eigenvalue weighted by Gasteiger charge is -2.14. The van der Waals surface area contributed by atoms with Crippen LogP contribution < -0.4 is 5.73 Å². The molecule has 2 rings (SSSR count). The minimum Gasteiger partial charge on any atom is -0.399 e. The van der Waals surface area contributed by atoms with E-state index in [2.05, 4.69) is 36.3 Å². The Balaban J connectivity index is 2.12. The summed E-state index contributed by atoms with van der Waals surface area (Å²) in [4.78, 5) is 0. The summed E-state index contributed by atoms with van der Waals surface area (Å²) < 4.78 is 1.90. The van der Waals surface area contributed by atoms with Gasteiger partial charge < -0.3 is 5.73 Å². The van der Waals surface area contributed by atoms with Gasteiger partial charge in [-0.15, -0.1) is 5.10 Å². The Hall–Kier alpha value is -1.91. The quantitative estimate of drug-likeness (QED) is 0.820. The third-order valence-corrected chi connectivity index (χ3v) is 3.46. The van der Waals surface area contributed by atoms with E-state index in [4.69, 9.17) is 5.73 Å². The summed E-state index contributed by atoms with van der Waals surface area (Å²) in [7, 11) is 0. The molecule has 0 saturated carbocycles. The fourth-order valence-electron chi connectivity index (χ4n) is 2.30. The molecular formula is C15H23N5. The fraction of sp³-hybridized carbons (Fsp3) is 0.533. The Morgan fingerprint density at radius 3 is 2.70 bits per heavy atom. The van der Waals surface area contributed by atoms with Crippen LogP contribution in [0.4, 0.5) is 5.69 Å². The van der Waals surface area contributed by atoms with E-state index in [1.165, 1.54) is 12.8 Å². The topological polar surface area (TPSA) is 69.6 Å². The summed E-state index contributed by atoms with van der Waals surface area (Å²) in [6.07, 6.45) is 3.51. The van der Waals surface area contributed by atoms with E-state index in [0.717, 1.165) is 29.4 Å². The number of rotatable bonds is 6. The van der Waals surface area contributed by atoms with Crippen LogP contribution in [0.3, 0.4) is 0 Å². The first-order chi connectivity index (χ1) is 9.58. The maximum Gasteiger partial charge on any atom is 0.182 e. The molecule has 0 aliphatic rings. The number of hydrogen-bond donors (Lipinski definition) is 1. The van der Waals surface area contributed by atoms with E-state index in [9.17, 15) is 0 Å². The van der Waals surface area contributed by atoms with Gasteiger partial charge in [0.25, 0.3) is 0 Å². The number of anilines is 1. The second-order valence-corrected chi connectivity index (χ2v) is 5.75. The van der Waals surface area contributed by atoms with Crippen molar-refractivity contribution in [3.63, 3.8) is 0 Å². The van der Waals surface area contributed by atoms with Crippen LogP contribution in [0.2, 0.25) is 0 Å². The van der Waals surface area contributed by atoms with Crippen LogP contribution in [0.5, 0.6) is 0 Å². The number of nitrogens with zero attached hydrogens (tertiary/aromatic N) is 4. The van der Waals surface area contributed by atoms with Gasteiger partial charge >= 0.3 is 0 Å². The summed E-state index contributed by atoms with van der Waals surface area (Å²) in [6, 6.07) is 7.97. The van der Waals surface area contributed by atoms with Gasteiger partial charge in [-0.1, -0.05) is 38.8 Å². The van der Waals surface area contributed by atoms with Crippen molar-refractivity contribution in [1.29, 1.82) is 0 Å². The lowest BCUT2D eigenvalue weighted by atomic mass is 10.0. The molecule has 1 aromatic carbocycles. The van der Waals surface area contributed by atoms with Crippen LogP contribution in [-0.2, 0) is 0 Å². The van der Waals surface area contributed by atoms with Crippen molar-refractivity contribution in [3.05, 3.63) is 24.3 Å². The van der Waals surface area contributed by atoms with Crippen molar-refractivity contribution < 1.29 is 0 Å². The standard InChI is InChI=1S/C15H23N5/c1-11(2)6-4-7-12(3)20-15(17-18-19-20)13-8-5-9-14(16)10-13/h5,8-12H,4,6-7,16H2,1-3H3. The number of nitrogen functional groups attached to an aromatic ring is 1. The van der Waals surface area contributed by atoms with Gasteiger partial charge in [-0.2, -0.15) is 0 Å². The van der Waals surface area contributed by atoms with Crippen molar-refractivity contribution in [2.75, 3.05) is 5.73 Å². The van der Waals surface area contributed by atoms with Crippen LogP contribution in [0.15, 0.2) is 24.3 Å². The molecule has 108 valence electrons. The largest absolute Gasteiger partial charge is 0.399 e. The molecule has 0 bridgehead atoms. The Labute approximate surface area is 120 Å². The molecule has 0 spiro atoms. The monoisotopic (exact) mass is 273 g/mol. The molecular weight excluding hydrogens is 250 g/mol. The Morgan fingerprint density at radius 1 is 1.20 bits per heavy atom. The summed E-state index contributed by atoms with van der Waals surface area (Å²) in [5.74, 6) is 1.53. The van der Waals surface area contributed by atoms with Crippen LogP contribution >= 0.6 is 0 Å². The lowest BCUT2D eigenvalue weighted by Crippen LogP contribution is -2.09. The second-order valence-electron chi connectivity index (χ2n) is 5.75. The third kappa shape index (κ3) is 3.56. The van der Waals surface area contributed by atoms with Crippen molar-refractivity contribution in [3.8, 4) is 11.4 Å². The molecule has 2 N–H and O–H groups in total. The molecule has 5 nitrogen and oxygen atoms in total. The van der Waals surface area contributed by atoms with Crippen LogP contribution in [-0.4, -0.2) is 20.2 Å². The fourth-order valence-corrected chi connectivity index (χ4v) is 2.30. The summed E-state index contributed by atoms with van der Waals surface area (Å²) in [5, 5.41) is 12.1. The molecule has 0 amide bonds. The molecule has 5 heteroatoms. The second kappa shape index (κ2) is 6.50. The number of tetrazole rings is 1. The maximum absolute atomic E-state index is 5.83. The zero-order chi connectivity index (χ0) is 14.5. The average molecular weight is 273 g/mol. The predicted octanol–water partition coefficient (Wildman–Crippen LogP) is 3.31. The molecule has 20 heavy (non-hydrogen) atoms. The van der Waals surface area contributed by atoms with Gasteiger partial charge in [0.1, 0.15) is 0 Å². The highest BCUT2D eigenvalue weighted by Gasteiger charge is 2.14. The van der Waals surface area contributed by atoms with Gasteiger partial charge in [-0.3, -0.25) is 0 Å². The zero-order valence-electron chi connectivity index (χ0n) is 12.5. The van der Waals surface area contributed by atoms with E-state index in [1.54, 1.807) is 0 Å². The first-order valence-electron chi connectivity index (χ1n) is 7.21. The molecule has 0 fully saturated rings. The van der Waals surface area contributed by atoms with Gasteiger partial charge in [0, 0.05) is 11.3 Å². The van der Waals surface area contributed by atoms with Gasteiger partial charge in [-0.25, -0.2) is 4.68 Å². The smallest absolute Gasteiger partial charge is 0.182 e. The first-order valence-corrected chi connectivity index (χ1v) is 7.21. The van der Waals surface area contributed by atoms with E-state index >= 15 is 0 Å². The highest BCUT2D eigenvalue weighted by atomic mass is 15.5. The van der Waals surface area contributed by atoms with Gasteiger partial charge in [0.15, 0.2) is 5.82 Å². The van der Waals surface area contributed by atoms with E-state index in [0.29, 0.717) is 6.04 Å². The van der Waals surface area contributed by atoms with Gasteiger partial charge in [-0.05, 0) is 41.8 Å². The number of aromatic nitrogens is 4. The molecule has 1 unspecified atom stereocenters. The molecule has 1 heterocycles. The third-order valence-electron chi connectivity index (χ3n) is 3.46. The van der Waals surface area contributed by atoms with Crippen LogP contribution in [0.1, 0.15) is 46.1 Å². The summed E-state index contributed by atoms with van der Waals surface area (Å²) in [6.45, 7) is 6.66. The van der Waals surface area contributed by atoms with Crippen molar-refractivity contribution in [1.82, 2.24) is 20.2 Å². The molecule has 1 atom stereocenters. The van der Waals surface area contributed by atoms with E-state index < -0.39 is 0 Å². The highest BCUT2D eigenvalue weighted by Crippen LogP contribution is 2.23. The first kappa shape index (κ1) is 14.5. The Morgan fingerprint density at radius 2 is 2.00 bits per heavy atom. The maximum atomic E-state index is 5.83. The van der Waals surface area contributed by atoms with Crippen LogP contribution in [0.25, 0.3) is 11.4 Å². The number of benzene rings is 1. The van der Waals surface area contributed by atoms with E-state index in [1.807, 2.05) is 28.9 Å². The average Bonchev–Trinajstić information content (AvgIpc) is 2.87. The van der Waals surface area contributed by atoms with Gasteiger partial charge in [0.05, 0.1) is 6.04 Å². The van der Waals surface area contributed by atoms with Gasteiger partial charge in [0.2, 0.25) is 0 Å². The molecule has 0 aliphatic carbocycles. The molecule has 2 aromatic rings. The normalized spacial score (nSPS) is 12.8. The minimum absolute atomic E-state index is 0.292. The van der Waals surface area contributed by atoms with Crippen molar-refractivity contribution >= 4 is 5.69 Å². The summed E-state index contributed by atoms with van der Waals surface area (Å²) in [5.41, 5.74) is 7.52. The zero-order valence-corrected chi connectivity index (χ0v) is 12.5. The molecule has 0 radical (unpaired) electrons. The van der Waals surface area contributed by atoms with Crippen LogP contribution in [0, 0.1) is 5.92 Å². The number of nitrogens with two attached hydrogens (primary N) is 1. The SMILES string of the molecule is CC(C)CCCC(C)n1nnnc1-c1cccc(N)c1. The van der Waals surface area contributed by atoms with E-state index in [-0.39, 0.29) is 0 Å². The van der Waals surface area contributed by atoms with Crippen molar-refractivity contribution in [2.24, 2.45) is 5.92 Å². The number of hydrogen-bond acceptors (Lipinski definition) is 4. The Bertz CT molecular complexity index is 547. The summed E-state index contributed by atoms with van der Waals surface area (Å²) >= 11 is 0. The molecule has 1 aromatic heterocycles. The predicted molar refractivity (Wildman–Crippen MR) is 81.1 cm³/mol. The highest BCUT2D eigenvalue weighted by molar-refractivity contribution is 5.60. The minimum atomic E-state index is 0.292. The van der Waals surface area contributed by atoms with Crippen molar-refractivity contribution in [2.45, 2.75) is 46.1 Å². The molecule has 0 saturated heterocycles. The Kier molecular flexibility index (Phi) is 4.71. The molecule has 0 aliphatic heterocycles.